The number of benzene rings is 2. The molecule has 0 bridgehead atoms. The van der Waals surface area contributed by atoms with Crippen molar-refractivity contribution in [1.29, 1.82) is 0 Å². The van der Waals surface area contributed by atoms with Gasteiger partial charge in [0.25, 0.3) is 0 Å². The number of amides is 9. The molecule has 3 rings (SSSR count). The topological polar surface area (TPSA) is 333 Å². The molecular weight excluding hydrogens is 1140 g/mol. The SMILES string of the molecule is CC[C@H](C)[C@@H]([C@@H](CC(=O)N1CCC[C@H]1[C@H](OC)[C@@H](C)C(=O)N[C@H](C)[C@@H](O)c1ccccc1)OC)N(C)C(=O)[C@@H](NC(=O)[C@H](C(C)C)N(C)C(=O)OCc1ccc(NC(=O)[C@H](CCCNC(N)=O)NC(=O)[C@@H](CC(=O)CCCCCON)C(C)C)cc1)C(C)C. The van der Waals surface area contributed by atoms with Crippen molar-refractivity contribution < 1.29 is 67.3 Å². The number of likely N-dealkylation sites (N-methyl/N-ethyl adjacent to an activating group) is 2. The van der Waals surface area contributed by atoms with Gasteiger partial charge in [-0.05, 0) is 92.4 Å². The highest BCUT2D eigenvalue weighted by atomic mass is 16.6. The lowest BCUT2D eigenvalue weighted by Gasteiger charge is -2.41. The van der Waals surface area contributed by atoms with Crippen molar-refractivity contribution in [1.82, 2.24) is 36.0 Å². The van der Waals surface area contributed by atoms with Gasteiger partial charge in [-0.2, -0.15) is 0 Å². The monoisotopic (exact) mass is 1250 g/mol. The summed E-state index contributed by atoms with van der Waals surface area (Å²) in [5, 5.41) is 25.0. The Morgan fingerprint density at radius 3 is 1.98 bits per heavy atom. The number of urea groups is 1. The standard InChI is InChI=1S/C65H106N10O14/c1-15-42(8)56(52(86-13)37-53(77)75-34-23-28-51(75)58(87-14)43(9)59(79)69-44(10)57(78)46-24-18-16-19-25-46)73(11)63(83)54(40(4)5)72-62(82)55(41(6)7)74(12)65(85)88-38-45-29-31-47(32-30-45)70-61(81)50(27-22-33-68-64(66)84)71-60(80)49(39(2)3)36-48(76)26-20-17-21-35-89-67/h16,18-19,24-25,29-32,39-44,49-52,54-58,78H,15,17,20-23,26-28,33-38,67H2,1-14H3,(H,69,79)(H,70,81)(H,71,80)(H,72,82)(H3,66,68,84)/t42-,43+,44+,49-,50-,51-,52+,54-,55-,56-,57+,58+/m0/s1. The fourth-order valence-electron chi connectivity index (χ4n) is 11.6. The third kappa shape index (κ3) is 23.9. The van der Waals surface area contributed by atoms with Gasteiger partial charge in [-0.25, -0.2) is 15.5 Å². The number of nitrogens with two attached hydrogens (primary N) is 2. The zero-order valence-electron chi connectivity index (χ0n) is 55.2. The fourth-order valence-corrected chi connectivity index (χ4v) is 11.6. The third-order valence-corrected chi connectivity index (χ3v) is 17.1. The van der Waals surface area contributed by atoms with Gasteiger partial charge in [0.05, 0.1) is 55.4 Å². The largest absolute Gasteiger partial charge is 0.445 e. The molecule has 9 amide bonds. The highest BCUT2D eigenvalue weighted by Crippen LogP contribution is 2.31. The third-order valence-electron chi connectivity index (χ3n) is 17.1. The van der Waals surface area contributed by atoms with E-state index in [0.29, 0.717) is 74.9 Å². The Morgan fingerprint density at radius 2 is 1.40 bits per heavy atom. The van der Waals surface area contributed by atoms with Gasteiger partial charge < -0.3 is 66.3 Å². The summed E-state index contributed by atoms with van der Waals surface area (Å²) in [6.07, 6.45) is 1.51. The predicted octanol–water partition coefficient (Wildman–Crippen LogP) is 6.13. The molecule has 2 aromatic carbocycles. The second kappa shape index (κ2) is 38.7. The summed E-state index contributed by atoms with van der Waals surface area (Å²) in [5.74, 6) is -0.0816. The normalized spacial score (nSPS) is 17.0. The Hall–Kier alpha value is -6.73. The first-order valence-electron chi connectivity index (χ1n) is 31.6. The summed E-state index contributed by atoms with van der Waals surface area (Å²) in [6, 6.07) is 10.0. The van der Waals surface area contributed by atoms with Gasteiger partial charge in [-0.15, -0.1) is 0 Å². The van der Waals surface area contributed by atoms with Gasteiger partial charge in [0.2, 0.25) is 35.4 Å². The van der Waals surface area contributed by atoms with Crippen LogP contribution in [0, 0.1) is 35.5 Å². The zero-order valence-corrected chi connectivity index (χ0v) is 55.2. The van der Waals surface area contributed by atoms with E-state index in [-0.39, 0.29) is 61.8 Å². The molecule has 1 saturated heterocycles. The molecule has 0 saturated carbocycles. The molecule has 0 spiro atoms. The van der Waals surface area contributed by atoms with Crippen LogP contribution in [-0.4, -0.2) is 170 Å². The molecule has 2 aromatic rings. The number of Topliss-reactive ketones (excluding diaryl/α,β-unsaturated/α-hetero) is 1. The number of unbranched alkanes of at least 4 members (excludes halogenated alkanes) is 2. The summed E-state index contributed by atoms with van der Waals surface area (Å²) < 4.78 is 17.7. The van der Waals surface area contributed by atoms with Gasteiger partial charge >= 0.3 is 12.1 Å². The van der Waals surface area contributed by atoms with Crippen molar-refractivity contribution in [2.24, 2.45) is 47.1 Å². The molecule has 24 nitrogen and oxygen atoms in total. The number of ether oxygens (including phenoxy) is 3. The Morgan fingerprint density at radius 1 is 0.742 bits per heavy atom. The van der Waals surface area contributed by atoms with E-state index in [4.69, 9.17) is 25.8 Å². The number of aliphatic hydroxyl groups is 1. The van der Waals surface area contributed by atoms with Gasteiger partial charge in [0.15, 0.2) is 0 Å². The predicted molar refractivity (Wildman–Crippen MR) is 339 cm³/mol. The average Bonchev–Trinajstić information content (AvgIpc) is 4.10. The summed E-state index contributed by atoms with van der Waals surface area (Å²) in [4.78, 5) is 132. The van der Waals surface area contributed by atoms with Crippen molar-refractivity contribution in [2.45, 2.75) is 201 Å². The van der Waals surface area contributed by atoms with Crippen molar-refractivity contribution >= 4 is 59.0 Å². The Balaban J connectivity index is 1.70. The van der Waals surface area contributed by atoms with Crippen molar-refractivity contribution in [3.05, 3.63) is 65.7 Å². The minimum atomic E-state index is -1.07. The van der Waals surface area contributed by atoms with Gasteiger partial charge in [0.1, 0.15) is 30.5 Å². The first kappa shape index (κ1) is 76.5. The molecule has 12 atom stereocenters. The zero-order chi connectivity index (χ0) is 66.7. The second-order valence-corrected chi connectivity index (χ2v) is 24.8. The number of likely N-dealkylation sites (tertiary alicyclic amines) is 1. The lowest BCUT2D eigenvalue weighted by Crippen LogP contribution is -2.60. The summed E-state index contributed by atoms with van der Waals surface area (Å²) >= 11 is 0. The van der Waals surface area contributed by atoms with E-state index in [9.17, 15) is 48.3 Å². The number of hydrogen-bond acceptors (Lipinski definition) is 15. The Labute approximate surface area is 527 Å². The van der Waals surface area contributed by atoms with Crippen LogP contribution in [0.2, 0.25) is 0 Å². The average molecular weight is 1250 g/mol. The number of anilines is 1. The molecule has 0 unspecified atom stereocenters. The molecule has 1 heterocycles. The number of aliphatic hydroxyl groups excluding tert-OH is 1. The molecule has 10 N–H and O–H groups in total. The molecule has 0 aromatic heterocycles. The quantitative estimate of drug-likeness (QED) is 0.0276. The van der Waals surface area contributed by atoms with E-state index < -0.39 is 114 Å². The summed E-state index contributed by atoms with van der Waals surface area (Å²) in [5.41, 5.74) is 6.84. The highest BCUT2D eigenvalue weighted by molar-refractivity contribution is 5.98. The highest BCUT2D eigenvalue weighted by Gasteiger charge is 2.44. The summed E-state index contributed by atoms with van der Waals surface area (Å²) in [7, 11) is 6.11. The van der Waals surface area contributed by atoms with Gasteiger partial charge in [-0.1, -0.05) is 118 Å². The van der Waals surface area contributed by atoms with Gasteiger partial charge in [0, 0.05) is 65.9 Å². The van der Waals surface area contributed by atoms with E-state index in [2.05, 4.69) is 31.4 Å². The van der Waals surface area contributed by atoms with Gasteiger partial charge in [-0.3, -0.25) is 38.5 Å². The number of rotatable bonds is 39. The van der Waals surface area contributed by atoms with E-state index in [1.54, 1.807) is 80.9 Å². The van der Waals surface area contributed by atoms with Crippen molar-refractivity contribution in [2.75, 3.05) is 53.3 Å². The number of nitrogens with one attached hydrogen (secondary N) is 5. The lowest BCUT2D eigenvalue weighted by molar-refractivity contribution is -0.148. The first-order valence-corrected chi connectivity index (χ1v) is 31.6. The molecular formula is C65H106N10O14. The summed E-state index contributed by atoms with van der Waals surface area (Å²) in [6.45, 7) is 19.1. The smallest absolute Gasteiger partial charge is 0.410 e. The number of carbonyl (C=O) groups is 9. The minimum Gasteiger partial charge on any atom is -0.445 e. The maximum atomic E-state index is 14.8. The maximum Gasteiger partial charge on any atom is 0.410 e. The first-order chi connectivity index (χ1) is 42.1. The van der Waals surface area contributed by atoms with Crippen LogP contribution in [-0.2, 0) is 59.2 Å². The second-order valence-electron chi connectivity index (χ2n) is 24.8. The maximum absolute atomic E-state index is 14.8. The molecule has 89 heavy (non-hydrogen) atoms. The Kier molecular flexibility index (Phi) is 33.3. The van der Waals surface area contributed by atoms with Crippen LogP contribution < -0.4 is 38.2 Å². The van der Waals surface area contributed by atoms with Crippen LogP contribution >= 0.6 is 0 Å². The van der Waals surface area contributed by atoms with Crippen LogP contribution in [0.25, 0.3) is 0 Å². The van der Waals surface area contributed by atoms with E-state index >= 15 is 0 Å². The van der Waals surface area contributed by atoms with E-state index in [1.807, 2.05) is 59.7 Å². The molecule has 1 aliphatic heterocycles. The number of ketones is 1. The van der Waals surface area contributed by atoms with Crippen molar-refractivity contribution in [3.8, 4) is 0 Å². The molecule has 24 heteroatoms. The molecule has 1 fully saturated rings. The fraction of sp³-hybridized carbons (Fsp3) is 0.677. The van der Waals surface area contributed by atoms with E-state index in [0.717, 1.165) is 6.42 Å². The number of hydrogen-bond donors (Lipinski definition) is 8. The molecule has 500 valence electrons. The van der Waals surface area contributed by atoms with E-state index in [1.165, 1.54) is 26.2 Å². The minimum absolute atomic E-state index is 0.0107. The van der Waals surface area contributed by atoms with Crippen LogP contribution in [0.1, 0.15) is 157 Å². The number of nitrogens with zero attached hydrogens (tertiary/aromatic N) is 3. The lowest BCUT2D eigenvalue weighted by atomic mass is 9.88. The van der Waals surface area contributed by atoms with Crippen molar-refractivity contribution in [3.63, 3.8) is 0 Å². The number of carbonyl (C=O) groups excluding carboxylic acids is 9. The number of primary amides is 1. The number of methoxy groups -OCH3 is 2. The van der Waals surface area contributed by atoms with Crippen LogP contribution in [0.5, 0.6) is 0 Å². The molecule has 1 aliphatic rings. The van der Waals surface area contributed by atoms with Crippen LogP contribution in [0.15, 0.2) is 54.6 Å². The molecule has 0 aliphatic carbocycles. The van der Waals surface area contributed by atoms with Crippen LogP contribution in [0.3, 0.4) is 0 Å². The Bertz CT molecular complexity index is 2560. The molecule has 0 radical (unpaired) electrons. The van der Waals surface area contributed by atoms with Crippen LogP contribution in [0.4, 0.5) is 15.3 Å².